The number of ether oxygens (including phenoxy) is 2. The zero-order chi connectivity index (χ0) is 13.4. The molecular formula is C15H22O3. The van der Waals surface area contributed by atoms with E-state index in [2.05, 4.69) is 6.92 Å². The van der Waals surface area contributed by atoms with Gasteiger partial charge in [0.25, 0.3) is 0 Å². The van der Waals surface area contributed by atoms with Crippen molar-refractivity contribution in [2.75, 3.05) is 6.61 Å². The van der Waals surface area contributed by atoms with E-state index in [4.69, 9.17) is 9.47 Å². The number of carbonyl (C=O) groups is 1. The third-order valence-electron chi connectivity index (χ3n) is 2.60. The molecule has 1 unspecified atom stereocenters. The minimum absolute atomic E-state index is 0.161. The van der Waals surface area contributed by atoms with Gasteiger partial charge in [-0.05, 0) is 32.4 Å². The maximum absolute atomic E-state index is 11.7. The van der Waals surface area contributed by atoms with Crippen LogP contribution in [-0.4, -0.2) is 24.8 Å². The first-order chi connectivity index (χ1) is 8.63. The van der Waals surface area contributed by atoms with Crippen LogP contribution in [0, 0.1) is 0 Å². The van der Waals surface area contributed by atoms with E-state index in [1.165, 1.54) is 0 Å². The molecule has 18 heavy (non-hydrogen) atoms. The van der Waals surface area contributed by atoms with Gasteiger partial charge in [0.1, 0.15) is 0 Å². The monoisotopic (exact) mass is 250 g/mol. The van der Waals surface area contributed by atoms with Gasteiger partial charge in [-0.2, -0.15) is 0 Å². The Kier molecular flexibility index (Phi) is 6.44. The van der Waals surface area contributed by atoms with Gasteiger partial charge in [-0.25, -0.2) is 4.79 Å². The first-order valence-electron chi connectivity index (χ1n) is 6.51. The largest absolute Gasteiger partial charge is 0.462 e. The highest BCUT2D eigenvalue weighted by Gasteiger charge is 2.11. The standard InChI is InChI=1S/C15H22O3/c1-4-14(18-12(2)3)10-11-17-15(16)13-8-6-5-7-9-13/h5-9,12,14H,4,10-11H2,1-3H3. The van der Waals surface area contributed by atoms with Gasteiger partial charge in [-0.1, -0.05) is 25.1 Å². The van der Waals surface area contributed by atoms with Gasteiger partial charge in [0.2, 0.25) is 0 Å². The molecule has 0 aliphatic rings. The summed E-state index contributed by atoms with van der Waals surface area (Å²) >= 11 is 0. The topological polar surface area (TPSA) is 35.5 Å². The predicted molar refractivity (Wildman–Crippen MR) is 71.6 cm³/mol. The maximum Gasteiger partial charge on any atom is 0.338 e. The van der Waals surface area contributed by atoms with Crippen LogP contribution in [0.1, 0.15) is 44.0 Å². The van der Waals surface area contributed by atoms with Gasteiger partial charge < -0.3 is 9.47 Å². The van der Waals surface area contributed by atoms with E-state index in [0.717, 1.165) is 12.8 Å². The highest BCUT2D eigenvalue weighted by atomic mass is 16.5. The van der Waals surface area contributed by atoms with Crippen LogP contribution in [0.2, 0.25) is 0 Å². The lowest BCUT2D eigenvalue weighted by atomic mass is 10.2. The highest BCUT2D eigenvalue weighted by molar-refractivity contribution is 5.89. The Labute approximate surface area is 109 Å². The van der Waals surface area contributed by atoms with Crippen molar-refractivity contribution < 1.29 is 14.3 Å². The Morgan fingerprint density at radius 1 is 1.22 bits per heavy atom. The molecule has 1 atom stereocenters. The SMILES string of the molecule is CCC(CCOC(=O)c1ccccc1)OC(C)C. The van der Waals surface area contributed by atoms with Gasteiger partial charge in [-0.15, -0.1) is 0 Å². The molecule has 0 saturated heterocycles. The second-order valence-electron chi connectivity index (χ2n) is 4.51. The van der Waals surface area contributed by atoms with Gasteiger partial charge in [0, 0.05) is 6.42 Å². The molecule has 0 heterocycles. The summed E-state index contributed by atoms with van der Waals surface area (Å²) in [4.78, 5) is 11.7. The summed E-state index contributed by atoms with van der Waals surface area (Å²) in [5.41, 5.74) is 0.593. The minimum atomic E-state index is -0.269. The van der Waals surface area contributed by atoms with E-state index in [9.17, 15) is 4.79 Å². The van der Waals surface area contributed by atoms with Crippen LogP contribution in [0.25, 0.3) is 0 Å². The Morgan fingerprint density at radius 2 is 1.89 bits per heavy atom. The first kappa shape index (κ1) is 14.7. The Balaban J connectivity index is 2.31. The lowest BCUT2D eigenvalue weighted by molar-refractivity contribution is -0.0116. The molecule has 0 aromatic heterocycles. The van der Waals surface area contributed by atoms with Crippen LogP contribution in [0.15, 0.2) is 30.3 Å². The smallest absolute Gasteiger partial charge is 0.338 e. The lowest BCUT2D eigenvalue weighted by Crippen LogP contribution is -2.20. The van der Waals surface area contributed by atoms with Crippen LogP contribution in [0.4, 0.5) is 0 Å². The molecule has 100 valence electrons. The third kappa shape index (κ3) is 5.32. The van der Waals surface area contributed by atoms with Crippen molar-refractivity contribution in [1.29, 1.82) is 0 Å². The first-order valence-corrected chi connectivity index (χ1v) is 6.51. The second-order valence-corrected chi connectivity index (χ2v) is 4.51. The number of esters is 1. The number of rotatable bonds is 7. The van der Waals surface area contributed by atoms with Gasteiger partial charge >= 0.3 is 5.97 Å². The van der Waals surface area contributed by atoms with Crippen molar-refractivity contribution in [1.82, 2.24) is 0 Å². The fraction of sp³-hybridized carbons (Fsp3) is 0.533. The fourth-order valence-corrected chi connectivity index (χ4v) is 1.69. The molecule has 1 aromatic rings. The summed E-state index contributed by atoms with van der Waals surface area (Å²) in [6.45, 7) is 6.50. The maximum atomic E-state index is 11.7. The molecule has 0 N–H and O–H groups in total. The molecule has 1 aromatic carbocycles. The van der Waals surface area contributed by atoms with Crippen molar-refractivity contribution in [3.05, 3.63) is 35.9 Å². The Morgan fingerprint density at radius 3 is 2.44 bits per heavy atom. The summed E-state index contributed by atoms with van der Waals surface area (Å²) in [5.74, 6) is -0.269. The number of hydrogen-bond acceptors (Lipinski definition) is 3. The summed E-state index contributed by atoms with van der Waals surface area (Å²) in [6.07, 6.45) is 2.04. The van der Waals surface area contributed by atoms with E-state index in [1.54, 1.807) is 12.1 Å². The van der Waals surface area contributed by atoms with E-state index in [-0.39, 0.29) is 18.2 Å². The van der Waals surface area contributed by atoms with Crippen LogP contribution >= 0.6 is 0 Å². The molecule has 0 amide bonds. The Bertz CT molecular complexity index is 346. The van der Waals surface area contributed by atoms with E-state index < -0.39 is 0 Å². The van der Waals surface area contributed by atoms with Crippen molar-refractivity contribution in [2.24, 2.45) is 0 Å². The molecule has 3 nitrogen and oxygen atoms in total. The summed E-state index contributed by atoms with van der Waals surface area (Å²) in [6, 6.07) is 9.04. The molecule has 0 bridgehead atoms. The molecule has 0 aliphatic heterocycles. The molecule has 1 rings (SSSR count). The fourth-order valence-electron chi connectivity index (χ4n) is 1.69. The molecule has 0 fully saturated rings. The number of benzene rings is 1. The summed E-state index contributed by atoms with van der Waals surface area (Å²) in [5, 5.41) is 0. The van der Waals surface area contributed by atoms with Crippen LogP contribution in [0.5, 0.6) is 0 Å². The molecule has 0 aliphatic carbocycles. The molecule has 0 saturated carbocycles. The normalized spacial score (nSPS) is 12.4. The highest BCUT2D eigenvalue weighted by Crippen LogP contribution is 2.08. The minimum Gasteiger partial charge on any atom is -0.462 e. The molecule has 0 radical (unpaired) electrons. The Hall–Kier alpha value is -1.35. The quantitative estimate of drug-likeness (QED) is 0.695. The molecule has 3 heteroatoms. The van der Waals surface area contributed by atoms with Crippen molar-refractivity contribution >= 4 is 5.97 Å². The van der Waals surface area contributed by atoms with E-state index >= 15 is 0 Å². The van der Waals surface area contributed by atoms with Crippen molar-refractivity contribution in [3.8, 4) is 0 Å². The average Bonchev–Trinajstić information content (AvgIpc) is 2.38. The van der Waals surface area contributed by atoms with Crippen LogP contribution < -0.4 is 0 Å². The third-order valence-corrected chi connectivity index (χ3v) is 2.60. The predicted octanol–water partition coefficient (Wildman–Crippen LogP) is 3.44. The molecule has 0 spiro atoms. The number of hydrogen-bond donors (Lipinski definition) is 0. The molecular weight excluding hydrogens is 228 g/mol. The number of carbonyl (C=O) groups excluding carboxylic acids is 1. The second kappa shape index (κ2) is 7.88. The van der Waals surface area contributed by atoms with Gasteiger partial charge in [0.05, 0.1) is 24.4 Å². The van der Waals surface area contributed by atoms with E-state index in [1.807, 2.05) is 32.0 Å². The van der Waals surface area contributed by atoms with Crippen LogP contribution in [-0.2, 0) is 9.47 Å². The zero-order valence-electron chi connectivity index (χ0n) is 11.4. The average molecular weight is 250 g/mol. The van der Waals surface area contributed by atoms with Crippen molar-refractivity contribution in [3.63, 3.8) is 0 Å². The summed E-state index contributed by atoms with van der Waals surface area (Å²) < 4.78 is 10.9. The van der Waals surface area contributed by atoms with Crippen molar-refractivity contribution in [2.45, 2.75) is 45.8 Å². The van der Waals surface area contributed by atoms with E-state index in [0.29, 0.717) is 12.2 Å². The van der Waals surface area contributed by atoms with Gasteiger partial charge in [0.15, 0.2) is 0 Å². The summed E-state index contributed by atoms with van der Waals surface area (Å²) in [7, 11) is 0. The zero-order valence-corrected chi connectivity index (χ0v) is 11.4. The van der Waals surface area contributed by atoms with Gasteiger partial charge in [-0.3, -0.25) is 0 Å². The van der Waals surface area contributed by atoms with Crippen LogP contribution in [0.3, 0.4) is 0 Å². The lowest BCUT2D eigenvalue weighted by Gasteiger charge is -2.18.